The van der Waals surface area contributed by atoms with Crippen LogP contribution in [0.2, 0.25) is 0 Å². The fourth-order valence-corrected chi connectivity index (χ4v) is 9.00. The van der Waals surface area contributed by atoms with E-state index in [0.717, 1.165) is 0 Å². The Kier molecular flexibility index (Phi) is 12.6. The average Bonchev–Trinajstić information content (AvgIpc) is 3.77. The van der Waals surface area contributed by atoms with Gasteiger partial charge in [0, 0.05) is 19.0 Å². The number of anilines is 4. The van der Waals surface area contributed by atoms with Crippen molar-refractivity contribution in [3.63, 3.8) is 0 Å². The van der Waals surface area contributed by atoms with E-state index in [0.29, 0.717) is 30.3 Å². The molecule has 10 N–H and O–H groups in total. The first-order valence-electron chi connectivity index (χ1n) is 16.5. The first-order valence-corrected chi connectivity index (χ1v) is 19.6. The van der Waals surface area contributed by atoms with Gasteiger partial charge in [-0.3, -0.25) is 18.1 Å². The van der Waals surface area contributed by atoms with Gasteiger partial charge in [0.15, 0.2) is 17.1 Å². The van der Waals surface area contributed by atoms with E-state index in [4.69, 9.17) is 54.2 Å². The van der Waals surface area contributed by atoms with Crippen molar-refractivity contribution < 1.29 is 50.6 Å². The number of nitrogens with two attached hydrogens (primary N) is 3. The predicted octanol–water partition coefficient (Wildman–Crippen LogP) is 2.14. The van der Waals surface area contributed by atoms with Crippen molar-refractivity contribution in [2.75, 3.05) is 68.6 Å². The van der Waals surface area contributed by atoms with Crippen LogP contribution in [0.3, 0.4) is 0 Å². The lowest BCUT2D eigenvalue weighted by Crippen LogP contribution is -2.45. The van der Waals surface area contributed by atoms with Crippen LogP contribution in [-0.2, 0) is 36.7 Å². The van der Waals surface area contributed by atoms with E-state index in [-0.39, 0.29) is 75.5 Å². The zero-order chi connectivity index (χ0) is 37.3. The molecule has 0 amide bonds. The topological polar surface area (TPSA) is 302 Å². The number of nitrogen functional groups attached to an aromatic ring is 3. The molecule has 0 aliphatic carbocycles. The molecule has 6 unspecified atom stereocenters. The van der Waals surface area contributed by atoms with Crippen LogP contribution in [-0.4, -0.2) is 112 Å². The molecule has 7 rings (SSSR count). The van der Waals surface area contributed by atoms with Gasteiger partial charge < -0.3 is 46.4 Å². The van der Waals surface area contributed by atoms with Gasteiger partial charge in [-0.1, -0.05) is 14.4 Å². The van der Waals surface area contributed by atoms with Crippen molar-refractivity contribution >= 4 is 50.1 Å². The Morgan fingerprint density at radius 2 is 1.58 bits per heavy atom. The standard InChI is InChI=1S/C20H34FN7O9P2.C7H9N5O.CH4/c1-4-31-18-13(22)16(27-19(23)28-18)26-17-10(2)14-11(35-17)7-33-38(29,36-14)24-5-6-25-39(30)34-8-12-15(37-39)20(3,21)9-32-12;1-2-13-6-4-5(10-3-9-4)11-7(8)12-6;/h10-12,14-15,17H,4-9,22H2,1-3H3,(H,24,29)(H,25,30)(H3,23,26,27,28);3H,2H2,1H3,(H3,8,9,10,11,12);1H4/t10-,11?,12?,14-,15?,17?,20-,38?,39?;;/m0../s1. The molecule has 53 heavy (non-hydrogen) atoms. The van der Waals surface area contributed by atoms with Gasteiger partial charge in [0.25, 0.3) is 0 Å². The molecule has 296 valence electrons. The van der Waals surface area contributed by atoms with Crippen LogP contribution in [0.25, 0.3) is 11.2 Å². The highest BCUT2D eigenvalue weighted by molar-refractivity contribution is 7.52. The van der Waals surface area contributed by atoms with Gasteiger partial charge in [0.1, 0.15) is 41.8 Å². The van der Waals surface area contributed by atoms with Crippen molar-refractivity contribution in [3.05, 3.63) is 6.33 Å². The summed E-state index contributed by atoms with van der Waals surface area (Å²) in [5.74, 6) is 0.682. The lowest BCUT2D eigenvalue weighted by molar-refractivity contribution is -0.0382. The molecule has 0 aromatic carbocycles. The third kappa shape index (κ3) is 9.07. The number of aromatic nitrogens is 6. The van der Waals surface area contributed by atoms with E-state index < -0.39 is 51.8 Å². The summed E-state index contributed by atoms with van der Waals surface area (Å²) in [6.07, 6.45) is -1.82. The molecule has 0 bridgehead atoms. The Balaban J connectivity index is 0.000000325. The predicted molar refractivity (Wildman–Crippen MR) is 190 cm³/mol. The number of halogens is 1. The minimum atomic E-state index is -3.79. The number of fused-ring (bicyclic) bond motifs is 3. The Morgan fingerprint density at radius 1 is 0.962 bits per heavy atom. The number of ether oxygens (including phenoxy) is 4. The van der Waals surface area contributed by atoms with Crippen LogP contribution in [0.1, 0.15) is 35.1 Å². The largest absolute Gasteiger partial charge is 0.476 e. The van der Waals surface area contributed by atoms with Crippen molar-refractivity contribution in [2.45, 2.75) is 71.4 Å². The van der Waals surface area contributed by atoms with E-state index in [9.17, 15) is 13.5 Å². The Hall–Kier alpha value is -3.50. The smallest absolute Gasteiger partial charge is 0.406 e. The minimum Gasteiger partial charge on any atom is -0.476 e. The van der Waals surface area contributed by atoms with Gasteiger partial charge in [-0.15, -0.1) is 0 Å². The van der Waals surface area contributed by atoms with Crippen LogP contribution >= 0.6 is 15.5 Å². The number of nitrogens with one attached hydrogen (secondary N) is 4. The summed E-state index contributed by atoms with van der Waals surface area (Å²) in [6, 6.07) is 0. The van der Waals surface area contributed by atoms with E-state index in [2.05, 4.69) is 45.4 Å². The number of aromatic amines is 1. The first-order chi connectivity index (χ1) is 24.7. The third-order valence-electron chi connectivity index (χ3n) is 8.30. The number of nitrogens with zero attached hydrogens (tertiary/aromatic N) is 5. The maximum Gasteiger partial charge on any atom is 0.406 e. The molecule has 25 heteroatoms. The quantitative estimate of drug-likeness (QED) is 0.108. The molecule has 4 saturated heterocycles. The SMILES string of the molecule is C.CCOc1nc(N)nc(NC2OC3COP(=O)(NCCNP4(=O)OCC5OC[C@](C)(F)C5O4)O[C@H]3[C@@H]2C)c1N.CCOc1nc(N)nc2nc[nH]c12. The fourth-order valence-electron chi connectivity index (χ4n) is 5.79. The molecule has 3 aromatic heterocycles. The van der Waals surface area contributed by atoms with E-state index in [1.54, 1.807) is 6.92 Å². The fraction of sp³-hybridized carbons (Fsp3) is 0.679. The molecule has 3 aromatic rings. The van der Waals surface area contributed by atoms with Crippen LogP contribution in [0.15, 0.2) is 6.33 Å². The molecule has 4 aliphatic rings. The Labute approximate surface area is 304 Å². The second-order valence-electron chi connectivity index (χ2n) is 12.2. The zero-order valence-corrected chi connectivity index (χ0v) is 30.6. The molecule has 0 saturated carbocycles. The van der Waals surface area contributed by atoms with Crippen LogP contribution < -0.4 is 42.2 Å². The zero-order valence-electron chi connectivity index (χ0n) is 28.8. The van der Waals surface area contributed by atoms with E-state index in [1.165, 1.54) is 13.3 Å². The molecule has 22 nitrogen and oxygen atoms in total. The monoisotopic (exact) mass is 792 g/mol. The van der Waals surface area contributed by atoms with Gasteiger partial charge in [-0.25, -0.2) is 28.7 Å². The Morgan fingerprint density at radius 3 is 2.28 bits per heavy atom. The van der Waals surface area contributed by atoms with E-state index in [1.807, 2.05) is 13.8 Å². The van der Waals surface area contributed by atoms with Crippen molar-refractivity contribution in [1.29, 1.82) is 0 Å². The molecule has 7 heterocycles. The molecular weight excluding hydrogens is 745 g/mol. The Bertz CT molecular complexity index is 1830. The summed E-state index contributed by atoms with van der Waals surface area (Å²) in [5, 5.41) is 8.44. The lowest BCUT2D eigenvalue weighted by Gasteiger charge is -2.34. The highest BCUT2D eigenvalue weighted by Gasteiger charge is 2.55. The van der Waals surface area contributed by atoms with E-state index >= 15 is 0 Å². The van der Waals surface area contributed by atoms with Gasteiger partial charge in [0.05, 0.1) is 39.4 Å². The number of rotatable bonds is 11. The summed E-state index contributed by atoms with van der Waals surface area (Å²) in [4.78, 5) is 22.8. The summed E-state index contributed by atoms with van der Waals surface area (Å²) in [7, 11) is -7.52. The summed E-state index contributed by atoms with van der Waals surface area (Å²) < 4.78 is 84.6. The van der Waals surface area contributed by atoms with Crippen molar-refractivity contribution in [1.82, 2.24) is 40.1 Å². The number of hydrogen-bond acceptors (Lipinski definition) is 19. The van der Waals surface area contributed by atoms with Crippen molar-refractivity contribution in [2.24, 2.45) is 5.92 Å². The second-order valence-corrected chi connectivity index (χ2v) is 15.8. The maximum absolute atomic E-state index is 14.6. The van der Waals surface area contributed by atoms with Gasteiger partial charge in [-0.05, 0) is 20.8 Å². The normalized spacial score (nSPS) is 33.2. The number of alkyl halides is 1. The average molecular weight is 793 g/mol. The molecule has 0 radical (unpaired) electrons. The molecule has 4 aliphatic heterocycles. The highest BCUT2D eigenvalue weighted by atomic mass is 31.2. The second kappa shape index (κ2) is 16.5. The van der Waals surface area contributed by atoms with Crippen LogP contribution in [0, 0.1) is 5.92 Å². The number of H-pyrrole nitrogens is 1. The molecule has 4 fully saturated rings. The molecule has 9 atom stereocenters. The van der Waals surface area contributed by atoms with Crippen LogP contribution in [0.4, 0.5) is 27.8 Å². The summed E-state index contributed by atoms with van der Waals surface area (Å²) in [5.41, 5.74) is 17.0. The third-order valence-corrected chi connectivity index (χ3v) is 11.5. The van der Waals surface area contributed by atoms with Crippen LogP contribution in [0.5, 0.6) is 11.8 Å². The first kappa shape index (κ1) is 40.7. The van der Waals surface area contributed by atoms with Gasteiger partial charge in [0.2, 0.25) is 23.7 Å². The minimum absolute atomic E-state index is 0. The lowest BCUT2D eigenvalue weighted by atomic mass is 10.0. The van der Waals surface area contributed by atoms with Gasteiger partial charge >= 0.3 is 15.5 Å². The molecular formula is C28H47FN12O10P2. The highest BCUT2D eigenvalue weighted by Crippen LogP contribution is 2.54. The number of imidazole rings is 1. The molecule has 0 spiro atoms. The summed E-state index contributed by atoms with van der Waals surface area (Å²) in [6.45, 7) is 7.52. The summed E-state index contributed by atoms with van der Waals surface area (Å²) >= 11 is 0. The van der Waals surface area contributed by atoms with Gasteiger partial charge in [-0.2, -0.15) is 19.9 Å². The maximum atomic E-state index is 14.6. The number of hydrogen-bond donors (Lipinski definition) is 7. The van der Waals surface area contributed by atoms with Crippen molar-refractivity contribution in [3.8, 4) is 11.8 Å².